The van der Waals surface area contributed by atoms with E-state index in [1.54, 1.807) is 49.5 Å². The molecule has 4 aromatic rings. The lowest BCUT2D eigenvalue weighted by atomic mass is 10.2. The van der Waals surface area contributed by atoms with E-state index in [0.29, 0.717) is 46.4 Å². The molecular weight excluding hydrogens is 415 g/mol. The number of nitrogens with zero attached hydrogens (tertiary/aromatic N) is 4. The first-order valence-electron chi connectivity index (χ1n) is 8.92. The SMILES string of the molecule is Cc1cc(C(=O)N(CCCn2ccnc2)c2nc3c(F)cccc3s2)c(C)o1.Cl. The second-order valence-corrected chi connectivity index (χ2v) is 7.53. The van der Waals surface area contributed by atoms with Gasteiger partial charge in [0.05, 0.1) is 16.6 Å². The van der Waals surface area contributed by atoms with Gasteiger partial charge in [0, 0.05) is 25.5 Å². The molecule has 0 spiro atoms. The molecule has 6 nitrogen and oxygen atoms in total. The number of para-hydroxylation sites is 1. The molecule has 0 aliphatic rings. The Kier molecular flexibility index (Phi) is 6.34. The van der Waals surface area contributed by atoms with Crippen LogP contribution in [0.25, 0.3) is 10.2 Å². The van der Waals surface area contributed by atoms with Crippen LogP contribution >= 0.6 is 23.7 Å². The molecule has 0 saturated carbocycles. The summed E-state index contributed by atoms with van der Waals surface area (Å²) in [4.78, 5) is 23.3. The molecule has 0 bridgehead atoms. The minimum Gasteiger partial charge on any atom is -0.466 e. The zero-order chi connectivity index (χ0) is 19.7. The van der Waals surface area contributed by atoms with E-state index in [-0.39, 0.29) is 29.6 Å². The fraction of sp³-hybridized carbons (Fsp3) is 0.250. The minimum absolute atomic E-state index is 0. The van der Waals surface area contributed by atoms with Crippen molar-refractivity contribution in [3.05, 3.63) is 65.9 Å². The summed E-state index contributed by atoms with van der Waals surface area (Å²) in [6.45, 7) is 4.73. The number of fused-ring (bicyclic) bond motifs is 1. The van der Waals surface area contributed by atoms with E-state index in [0.717, 1.165) is 0 Å². The monoisotopic (exact) mass is 434 g/mol. The Bertz CT molecular complexity index is 1120. The summed E-state index contributed by atoms with van der Waals surface area (Å²) in [6, 6.07) is 6.56. The van der Waals surface area contributed by atoms with Crippen LogP contribution < -0.4 is 4.90 Å². The zero-order valence-electron chi connectivity index (χ0n) is 16.0. The Hall–Kier alpha value is -2.71. The molecule has 0 atom stereocenters. The van der Waals surface area contributed by atoms with Crippen molar-refractivity contribution in [2.24, 2.45) is 0 Å². The number of halogens is 2. The van der Waals surface area contributed by atoms with Gasteiger partial charge in [-0.05, 0) is 38.5 Å². The Morgan fingerprint density at radius 3 is 2.83 bits per heavy atom. The van der Waals surface area contributed by atoms with Crippen LogP contribution in [-0.4, -0.2) is 27.0 Å². The Morgan fingerprint density at radius 2 is 2.17 bits per heavy atom. The van der Waals surface area contributed by atoms with E-state index >= 15 is 0 Å². The van der Waals surface area contributed by atoms with E-state index < -0.39 is 0 Å². The summed E-state index contributed by atoms with van der Waals surface area (Å²) >= 11 is 1.31. The van der Waals surface area contributed by atoms with Crippen molar-refractivity contribution in [1.29, 1.82) is 0 Å². The maximum Gasteiger partial charge on any atom is 0.263 e. The standard InChI is InChI=1S/C20H19FN4O2S.ClH/c1-13-11-15(14(2)27-13)19(26)25(9-4-8-24-10-7-22-12-24)20-23-18-16(21)5-3-6-17(18)28-20;/h3,5-7,10-12H,4,8-9H2,1-2H3;1H. The molecule has 0 aliphatic heterocycles. The van der Waals surface area contributed by atoms with Crippen molar-refractivity contribution in [2.75, 3.05) is 11.4 Å². The van der Waals surface area contributed by atoms with Crippen molar-refractivity contribution in [2.45, 2.75) is 26.8 Å². The minimum atomic E-state index is -0.388. The highest BCUT2D eigenvalue weighted by Gasteiger charge is 2.25. The molecule has 3 aromatic heterocycles. The average Bonchev–Trinajstić information content (AvgIpc) is 3.38. The molecule has 0 radical (unpaired) electrons. The first kappa shape index (κ1) is 21.0. The third-order valence-corrected chi connectivity index (χ3v) is 5.51. The van der Waals surface area contributed by atoms with Crippen LogP contribution in [0.3, 0.4) is 0 Å². The van der Waals surface area contributed by atoms with Crippen molar-refractivity contribution in [3.63, 3.8) is 0 Å². The second-order valence-electron chi connectivity index (χ2n) is 6.52. The largest absolute Gasteiger partial charge is 0.466 e. The lowest BCUT2D eigenvalue weighted by molar-refractivity contribution is 0.0985. The Labute approximate surface area is 177 Å². The Balaban J connectivity index is 0.00000240. The number of hydrogen-bond donors (Lipinski definition) is 0. The lowest BCUT2D eigenvalue weighted by Crippen LogP contribution is -2.32. The first-order chi connectivity index (χ1) is 13.5. The number of imidazole rings is 1. The number of aryl methyl sites for hydroxylation is 3. The lowest BCUT2D eigenvalue weighted by Gasteiger charge is -2.19. The topological polar surface area (TPSA) is 64.2 Å². The number of rotatable bonds is 6. The molecule has 0 fully saturated rings. The van der Waals surface area contributed by atoms with Gasteiger partial charge in [0.15, 0.2) is 5.13 Å². The molecule has 152 valence electrons. The fourth-order valence-corrected chi connectivity index (χ4v) is 4.13. The number of carbonyl (C=O) groups excluding carboxylic acids is 1. The van der Waals surface area contributed by atoms with Gasteiger partial charge in [-0.25, -0.2) is 14.4 Å². The van der Waals surface area contributed by atoms with Gasteiger partial charge in [-0.3, -0.25) is 9.69 Å². The van der Waals surface area contributed by atoms with Gasteiger partial charge in [-0.1, -0.05) is 17.4 Å². The van der Waals surface area contributed by atoms with Gasteiger partial charge in [-0.15, -0.1) is 12.4 Å². The first-order valence-corrected chi connectivity index (χ1v) is 9.74. The molecule has 0 unspecified atom stereocenters. The van der Waals surface area contributed by atoms with Crippen LogP contribution in [0, 0.1) is 19.7 Å². The highest BCUT2D eigenvalue weighted by molar-refractivity contribution is 7.22. The van der Waals surface area contributed by atoms with E-state index in [4.69, 9.17) is 4.42 Å². The Morgan fingerprint density at radius 1 is 1.34 bits per heavy atom. The number of thiazole rings is 1. The van der Waals surface area contributed by atoms with Gasteiger partial charge in [0.1, 0.15) is 22.9 Å². The number of hydrogen-bond acceptors (Lipinski definition) is 5. The molecule has 3 heterocycles. The smallest absolute Gasteiger partial charge is 0.263 e. The molecular formula is C20H20ClFN4O2S. The summed E-state index contributed by atoms with van der Waals surface area (Å²) in [6.07, 6.45) is 6.04. The predicted molar refractivity (Wildman–Crippen MR) is 114 cm³/mol. The summed E-state index contributed by atoms with van der Waals surface area (Å²) in [5, 5.41) is 0.481. The van der Waals surface area contributed by atoms with Crippen LogP contribution in [0.1, 0.15) is 28.3 Å². The van der Waals surface area contributed by atoms with Gasteiger partial charge < -0.3 is 8.98 Å². The molecule has 0 aliphatic carbocycles. The van der Waals surface area contributed by atoms with Crippen molar-refractivity contribution in [1.82, 2.24) is 14.5 Å². The maximum atomic E-state index is 14.1. The molecule has 9 heteroatoms. The van der Waals surface area contributed by atoms with Crippen LogP contribution in [-0.2, 0) is 6.54 Å². The summed E-state index contributed by atoms with van der Waals surface area (Å²) in [5.41, 5.74) is 0.787. The van der Waals surface area contributed by atoms with Crippen LogP contribution in [0.2, 0.25) is 0 Å². The van der Waals surface area contributed by atoms with E-state index in [1.807, 2.05) is 10.8 Å². The second kappa shape index (κ2) is 8.75. The van der Waals surface area contributed by atoms with Gasteiger partial charge in [0.25, 0.3) is 5.91 Å². The quantitative estimate of drug-likeness (QED) is 0.428. The summed E-state index contributed by atoms with van der Waals surface area (Å²) in [7, 11) is 0. The van der Waals surface area contributed by atoms with E-state index in [1.165, 1.54) is 17.4 Å². The normalized spacial score (nSPS) is 10.9. The third kappa shape index (κ3) is 4.33. The molecule has 29 heavy (non-hydrogen) atoms. The summed E-state index contributed by atoms with van der Waals surface area (Å²) in [5.74, 6) is 0.657. The molecule has 0 saturated heterocycles. The number of benzene rings is 1. The van der Waals surface area contributed by atoms with Crippen molar-refractivity contribution < 1.29 is 13.6 Å². The molecule has 1 aromatic carbocycles. The van der Waals surface area contributed by atoms with E-state index in [9.17, 15) is 9.18 Å². The highest BCUT2D eigenvalue weighted by atomic mass is 35.5. The van der Waals surface area contributed by atoms with Gasteiger partial charge in [0.2, 0.25) is 0 Å². The van der Waals surface area contributed by atoms with Gasteiger partial charge in [-0.2, -0.15) is 0 Å². The fourth-order valence-electron chi connectivity index (χ4n) is 3.12. The zero-order valence-corrected chi connectivity index (χ0v) is 17.6. The van der Waals surface area contributed by atoms with Gasteiger partial charge >= 0.3 is 0 Å². The third-order valence-electron chi connectivity index (χ3n) is 4.46. The van der Waals surface area contributed by atoms with E-state index in [2.05, 4.69) is 9.97 Å². The molecule has 1 amide bonds. The van der Waals surface area contributed by atoms with Crippen LogP contribution in [0.4, 0.5) is 9.52 Å². The number of carbonyl (C=O) groups is 1. The number of amides is 1. The highest BCUT2D eigenvalue weighted by Crippen LogP contribution is 2.32. The average molecular weight is 435 g/mol. The van der Waals surface area contributed by atoms with Crippen LogP contribution in [0.15, 0.2) is 47.4 Å². The van der Waals surface area contributed by atoms with Crippen molar-refractivity contribution >= 4 is 45.0 Å². The number of furan rings is 1. The predicted octanol–water partition coefficient (Wildman–Crippen LogP) is 5.00. The van der Waals surface area contributed by atoms with Crippen LogP contribution in [0.5, 0.6) is 0 Å². The summed E-state index contributed by atoms with van der Waals surface area (Å²) < 4.78 is 22.3. The molecule has 0 N–H and O–H groups in total. The maximum absolute atomic E-state index is 14.1. The molecule has 4 rings (SSSR count). The van der Waals surface area contributed by atoms with Crippen molar-refractivity contribution in [3.8, 4) is 0 Å². The number of anilines is 1. The number of aromatic nitrogens is 3.